The van der Waals surface area contributed by atoms with Gasteiger partial charge in [0.2, 0.25) is 0 Å². The number of piperidine rings is 1. The summed E-state index contributed by atoms with van der Waals surface area (Å²) < 4.78 is 0. The Bertz CT molecular complexity index is 659. The molecule has 2 aromatic rings. The fourth-order valence-electron chi connectivity index (χ4n) is 3.88. The van der Waals surface area contributed by atoms with E-state index in [0.29, 0.717) is 0 Å². The van der Waals surface area contributed by atoms with Crippen molar-refractivity contribution in [3.63, 3.8) is 0 Å². The summed E-state index contributed by atoms with van der Waals surface area (Å²) in [6, 6.07) is 17.6. The van der Waals surface area contributed by atoms with Gasteiger partial charge in [-0.2, -0.15) is 0 Å². The molecule has 0 spiro atoms. The SMILES string of the molecule is CC(C)(N1CCCCC1)N1c2ccccc2Sc2ccccc21. The van der Waals surface area contributed by atoms with E-state index in [9.17, 15) is 0 Å². The van der Waals surface area contributed by atoms with Crippen LogP contribution in [0.3, 0.4) is 0 Å². The predicted molar refractivity (Wildman–Crippen MR) is 98.6 cm³/mol. The van der Waals surface area contributed by atoms with Gasteiger partial charge in [-0.05, 0) is 51.0 Å². The van der Waals surface area contributed by atoms with Gasteiger partial charge in [0, 0.05) is 22.9 Å². The van der Waals surface area contributed by atoms with Crippen LogP contribution in [-0.2, 0) is 0 Å². The van der Waals surface area contributed by atoms with Crippen LogP contribution in [0.4, 0.5) is 11.4 Å². The van der Waals surface area contributed by atoms with Gasteiger partial charge in [0.05, 0.1) is 17.0 Å². The molecule has 3 heteroatoms. The van der Waals surface area contributed by atoms with Crippen molar-refractivity contribution in [1.29, 1.82) is 0 Å². The van der Waals surface area contributed by atoms with E-state index in [1.807, 2.05) is 11.8 Å². The van der Waals surface area contributed by atoms with Crippen LogP contribution in [0.5, 0.6) is 0 Å². The molecule has 120 valence electrons. The molecule has 0 saturated carbocycles. The minimum Gasteiger partial charge on any atom is -0.321 e. The van der Waals surface area contributed by atoms with E-state index in [1.165, 1.54) is 53.5 Å². The molecule has 4 rings (SSSR count). The van der Waals surface area contributed by atoms with Crippen molar-refractivity contribution in [2.45, 2.75) is 48.6 Å². The highest BCUT2D eigenvalue weighted by Crippen LogP contribution is 2.51. The monoisotopic (exact) mass is 324 g/mol. The third-order valence-electron chi connectivity index (χ3n) is 5.11. The lowest BCUT2D eigenvalue weighted by molar-refractivity contribution is 0.0996. The summed E-state index contributed by atoms with van der Waals surface area (Å²) in [5.41, 5.74) is 2.66. The van der Waals surface area contributed by atoms with Gasteiger partial charge >= 0.3 is 0 Å². The Kier molecular flexibility index (Phi) is 3.86. The van der Waals surface area contributed by atoms with Crippen LogP contribution >= 0.6 is 11.8 Å². The second kappa shape index (κ2) is 5.88. The molecular formula is C20H24N2S. The molecule has 23 heavy (non-hydrogen) atoms. The van der Waals surface area contributed by atoms with Crippen molar-refractivity contribution < 1.29 is 0 Å². The molecule has 2 aliphatic heterocycles. The highest BCUT2D eigenvalue weighted by molar-refractivity contribution is 7.99. The third-order valence-corrected chi connectivity index (χ3v) is 6.24. The molecule has 1 fully saturated rings. The van der Waals surface area contributed by atoms with E-state index in [4.69, 9.17) is 0 Å². The molecule has 0 amide bonds. The second-order valence-corrected chi connectivity index (χ2v) is 8.00. The second-order valence-electron chi connectivity index (χ2n) is 6.92. The van der Waals surface area contributed by atoms with Crippen molar-refractivity contribution >= 4 is 23.1 Å². The first-order valence-electron chi connectivity index (χ1n) is 8.59. The number of nitrogens with zero attached hydrogens (tertiary/aromatic N) is 2. The standard InChI is InChI=1S/C20H24N2S/c1-20(2,21-14-8-3-9-15-21)22-16-10-4-6-12-18(16)23-19-13-7-5-11-17(19)22/h4-7,10-13H,3,8-9,14-15H2,1-2H3. The van der Waals surface area contributed by atoms with E-state index in [2.05, 4.69) is 72.2 Å². The Morgan fingerprint density at radius 2 is 1.30 bits per heavy atom. The summed E-state index contributed by atoms with van der Waals surface area (Å²) in [6.45, 7) is 7.14. The van der Waals surface area contributed by atoms with Crippen LogP contribution in [0.1, 0.15) is 33.1 Å². The molecule has 2 aromatic carbocycles. The number of hydrogen-bond donors (Lipinski definition) is 0. The number of hydrogen-bond acceptors (Lipinski definition) is 3. The van der Waals surface area contributed by atoms with Crippen molar-refractivity contribution in [2.75, 3.05) is 18.0 Å². The van der Waals surface area contributed by atoms with E-state index in [-0.39, 0.29) is 5.66 Å². The zero-order valence-electron chi connectivity index (χ0n) is 14.0. The van der Waals surface area contributed by atoms with Crippen LogP contribution in [-0.4, -0.2) is 23.7 Å². The molecule has 0 N–H and O–H groups in total. The number of likely N-dealkylation sites (tertiary alicyclic amines) is 1. The molecule has 2 heterocycles. The van der Waals surface area contributed by atoms with Gasteiger partial charge in [0.25, 0.3) is 0 Å². The van der Waals surface area contributed by atoms with E-state index >= 15 is 0 Å². The Morgan fingerprint density at radius 3 is 1.87 bits per heavy atom. The molecule has 0 radical (unpaired) electrons. The van der Waals surface area contributed by atoms with Crippen molar-refractivity contribution in [1.82, 2.24) is 4.90 Å². The highest BCUT2D eigenvalue weighted by Gasteiger charge is 2.38. The quantitative estimate of drug-likeness (QED) is 0.719. The number of benzene rings is 2. The van der Waals surface area contributed by atoms with Crippen LogP contribution in [0, 0.1) is 0 Å². The van der Waals surface area contributed by atoms with Gasteiger partial charge in [-0.25, -0.2) is 0 Å². The largest absolute Gasteiger partial charge is 0.321 e. The minimum atomic E-state index is -0.0202. The molecule has 0 aromatic heterocycles. The number of para-hydroxylation sites is 2. The van der Waals surface area contributed by atoms with Crippen molar-refractivity contribution in [3.8, 4) is 0 Å². The molecule has 2 aliphatic rings. The van der Waals surface area contributed by atoms with Crippen LogP contribution in [0.2, 0.25) is 0 Å². The molecule has 0 bridgehead atoms. The Balaban J connectivity index is 1.83. The summed E-state index contributed by atoms with van der Waals surface area (Å²) >= 11 is 1.89. The summed E-state index contributed by atoms with van der Waals surface area (Å²) in [7, 11) is 0. The van der Waals surface area contributed by atoms with E-state index in [1.54, 1.807) is 0 Å². The van der Waals surface area contributed by atoms with E-state index < -0.39 is 0 Å². The molecule has 0 aliphatic carbocycles. The lowest BCUT2D eigenvalue weighted by atomic mass is 10.0. The number of rotatable bonds is 2. The normalized spacial score (nSPS) is 18.4. The van der Waals surface area contributed by atoms with Crippen LogP contribution < -0.4 is 4.90 Å². The maximum Gasteiger partial charge on any atom is 0.0925 e. The molecular weight excluding hydrogens is 300 g/mol. The van der Waals surface area contributed by atoms with Gasteiger partial charge in [-0.15, -0.1) is 0 Å². The Hall–Kier alpha value is -1.45. The summed E-state index contributed by atoms with van der Waals surface area (Å²) in [4.78, 5) is 7.92. The van der Waals surface area contributed by atoms with Gasteiger partial charge in [-0.1, -0.05) is 42.4 Å². The first kappa shape index (κ1) is 15.1. The number of anilines is 2. The third kappa shape index (κ3) is 2.56. The van der Waals surface area contributed by atoms with Crippen molar-refractivity contribution in [2.24, 2.45) is 0 Å². The number of fused-ring (bicyclic) bond motifs is 2. The summed E-state index contributed by atoms with van der Waals surface area (Å²) in [5, 5.41) is 0. The highest BCUT2D eigenvalue weighted by atomic mass is 32.2. The maximum absolute atomic E-state index is 2.65. The maximum atomic E-state index is 2.65. The first-order valence-corrected chi connectivity index (χ1v) is 9.41. The smallest absolute Gasteiger partial charge is 0.0925 e. The van der Waals surface area contributed by atoms with Crippen LogP contribution in [0.15, 0.2) is 58.3 Å². The predicted octanol–water partition coefficient (Wildman–Crippen LogP) is 5.51. The lowest BCUT2D eigenvalue weighted by Gasteiger charge is -2.51. The zero-order chi connectivity index (χ0) is 15.9. The molecule has 0 unspecified atom stereocenters. The average molecular weight is 324 g/mol. The molecule has 2 nitrogen and oxygen atoms in total. The van der Waals surface area contributed by atoms with Crippen molar-refractivity contribution in [3.05, 3.63) is 48.5 Å². The fourth-order valence-corrected chi connectivity index (χ4v) is 4.93. The van der Waals surface area contributed by atoms with E-state index in [0.717, 1.165) is 0 Å². The van der Waals surface area contributed by atoms with Gasteiger partial charge in [0.15, 0.2) is 0 Å². The first-order chi connectivity index (χ1) is 11.2. The summed E-state index contributed by atoms with van der Waals surface area (Å²) in [5.74, 6) is 0. The van der Waals surface area contributed by atoms with Gasteiger partial charge in [-0.3, -0.25) is 4.90 Å². The molecule has 1 saturated heterocycles. The summed E-state index contributed by atoms with van der Waals surface area (Å²) in [6.07, 6.45) is 4.00. The van der Waals surface area contributed by atoms with Gasteiger partial charge in [0.1, 0.15) is 0 Å². The van der Waals surface area contributed by atoms with Gasteiger partial charge < -0.3 is 4.90 Å². The molecule has 0 atom stereocenters. The minimum absolute atomic E-state index is 0.0202. The Morgan fingerprint density at radius 1 is 0.783 bits per heavy atom. The zero-order valence-corrected chi connectivity index (χ0v) is 14.8. The fraction of sp³-hybridized carbons (Fsp3) is 0.400. The van der Waals surface area contributed by atoms with Crippen LogP contribution in [0.25, 0.3) is 0 Å². The Labute approximate surface area is 143 Å². The average Bonchev–Trinajstić information content (AvgIpc) is 2.60. The lowest BCUT2D eigenvalue weighted by Crippen LogP contribution is -2.57. The topological polar surface area (TPSA) is 6.48 Å².